The summed E-state index contributed by atoms with van der Waals surface area (Å²) >= 11 is 1.46. The van der Waals surface area contributed by atoms with Crippen molar-refractivity contribution in [2.45, 2.75) is 33.3 Å². The van der Waals surface area contributed by atoms with Crippen LogP contribution in [0.5, 0.6) is 0 Å². The van der Waals surface area contributed by atoms with Crippen molar-refractivity contribution in [3.63, 3.8) is 0 Å². The molecule has 0 aliphatic heterocycles. The average molecular weight is 308 g/mol. The van der Waals surface area contributed by atoms with E-state index in [0.717, 1.165) is 16.3 Å². The molecule has 1 amide bonds. The van der Waals surface area contributed by atoms with Gasteiger partial charge in [-0.1, -0.05) is 0 Å². The maximum atomic E-state index is 12.1. The fourth-order valence-electron chi connectivity index (χ4n) is 1.79. The number of rotatable bonds is 7. The highest BCUT2D eigenvalue weighted by Crippen LogP contribution is 2.27. The van der Waals surface area contributed by atoms with Crippen LogP contribution in [0.15, 0.2) is 22.8 Å². The predicted octanol–water partition coefficient (Wildman–Crippen LogP) is 3.26. The summed E-state index contributed by atoms with van der Waals surface area (Å²) in [7, 11) is 0. The molecular formula is C15H20N2O3S. The van der Waals surface area contributed by atoms with Crippen molar-refractivity contribution in [1.82, 2.24) is 10.3 Å². The molecule has 0 aliphatic rings. The van der Waals surface area contributed by atoms with Crippen molar-refractivity contribution >= 4 is 17.2 Å². The molecule has 0 aliphatic carbocycles. The van der Waals surface area contributed by atoms with Crippen molar-refractivity contribution in [1.29, 1.82) is 0 Å². The Morgan fingerprint density at radius 3 is 3.00 bits per heavy atom. The number of ether oxygens (including phenoxy) is 1. The average Bonchev–Trinajstić information content (AvgIpc) is 3.06. The second-order valence-electron chi connectivity index (χ2n) is 4.93. The summed E-state index contributed by atoms with van der Waals surface area (Å²) in [6.45, 7) is 7.10. The molecule has 2 aromatic heterocycles. The van der Waals surface area contributed by atoms with Crippen LogP contribution in [0, 0.1) is 6.92 Å². The van der Waals surface area contributed by atoms with Gasteiger partial charge in [0.25, 0.3) is 5.91 Å². The van der Waals surface area contributed by atoms with Crippen LogP contribution in [-0.2, 0) is 4.74 Å². The molecule has 2 rings (SSSR count). The van der Waals surface area contributed by atoms with Crippen LogP contribution in [0.2, 0.25) is 0 Å². The third kappa shape index (κ3) is 4.41. The van der Waals surface area contributed by atoms with Crippen LogP contribution in [0.4, 0.5) is 0 Å². The van der Waals surface area contributed by atoms with E-state index >= 15 is 0 Å². The lowest BCUT2D eigenvalue weighted by atomic mass is 10.3. The number of aryl methyl sites for hydroxylation is 1. The molecule has 0 fully saturated rings. The molecule has 6 heteroatoms. The second kappa shape index (κ2) is 7.38. The van der Waals surface area contributed by atoms with E-state index in [1.54, 1.807) is 12.3 Å². The maximum Gasteiger partial charge on any atom is 0.271 e. The molecule has 5 nitrogen and oxygen atoms in total. The molecule has 0 unspecified atom stereocenters. The number of thiazole rings is 1. The highest BCUT2D eigenvalue weighted by Gasteiger charge is 2.17. The van der Waals surface area contributed by atoms with Gasteiger partial charge >= 0.3 is 0 Å². The number of furan rings is 1. The normalized spacial score (nSPS) is 11.0. The van der Waals surface area contributed by atoms with Gasteiger partial charge in [-0.15, -0.1) is 11.3 Å². The van der Waals surface area contributed by atoms with Crippen molar-refractivity contribution in [2.75, 3.05) is 13.2 Å². The van der Waals surface area contributed by atoms with Crippen molar-refractivity contribution < 1.29 is 13.9 Å². The fraction of sp³-hybridized carbons (Fsp3) is 0.467. The van der Waals surface area contributed by atoms with Gasteiger partial charge in [-0.05, 0) is 39.3 Å². The van der Waals surface area contributed by atoms with Gasteiger partial charge in [0.2, 0.25) is 0 Å². The number of hydrogen-bond acceptors (Lipinski definition) is 5. The molecule has 1 N–H and O–H groups in total. The zero-order valence-electron chi connectivity index (χ0n) is 12.5. The quantitative estimate of drug-likeness (QED) is 0.797. The molecule has 114 valence electrons. The Labute approximate surface area is 128 Å². The summed E-state index contributed by atoms with van der Waals surface area (Å²) in [5.74, 6) is 0.540. The van der Waals surface area contributed by atoms with Gasteiger partial charge in [-0.25, -0.2) is 4.98 Å². The third-order valence-electron chi connectivity index (χ3n) is 2.80. The molecule has 0 aromatic carbocycles. The lowest BCUT2D eigenvalue weighted by molar-refractivity contribution is 0.0756. The predicted molar refractivity (Wildman–Crippen MR) is 82.6 cm³/mol. The molecule has 0 saturated carbocycles. The maximum absolute atomic E-state index is 12.1. The first kappa shape index (κ1) is 15.7. The van der Waals surface area contributed by atoms with E-state index < -0.39 is 0 Å². The first-order valence-electron chi connectivity index (χ1n) is 6.99. The minimum absolute atomic E-state index is 0.147. The largest absolute Gasteiger partial charge is 0.462 e. The lowest BCUT2D eigenvalue weighted by Gasteiger charge is -2.07. The highest BCUT2D eigenvalue weighted by atomic mass is 32.1. The van der Waals surface area contributed by atoms with Crippen molar-refractivity contribution in [2.24, 2.45) is 0 Å². The van der Waals surface area contributed by atoms with Gasteiger partial charge in [0.05, 0.1) is 12.4 Å². The first-order chi connectivity index (χ1) is 10.1. The summed E-state index contributed by atoms with van der Waals surface area (Å²) in [4.78, 5) is 17.4. The number of amides is 1. The van der Waals surface area contributed by atoms with E-state index in [-0.39, 0.29) is 12.0 Å². The van der Waals surface area contributed by atoms with Crippen molar-refractivity contribution in [3.05, 3.63) is 29.0 Å². The van der Waals surface area contributed by atoms with E-state index in [2.05, 4.69) is 10.3 Å². The van der Waals surface area contributed by atoms with Gasteiger partial charge in [0, 0.05) is 18.0 Å². The van der Waals surface area contributed by atoms with Crippen molar-refractivity contribution in [3.8, 4) is 10.8 Å². The lowest BCUT2D eigenvalue weighted by Crippen LogP contribution is -2.26. The van der Waals surface area contributed by atoms with Crippen LogP contribution in [-0.4, -0.2) is 30.1 Å². The molecule has 2 aromatic rings. The number of carbonyl (C=O) groups is 1. The van der Waals surface area contributed by atoms with Gasteiger partial charge in [-0.3, -0.25) is 4.79 Å². The minimum atomic E-state index is -0.147. The molecule has 0 spiro atoms. The van der Waals surface area contributed by atoms with Gasteiger partial charge in [0.1, 0.15) is 5.69 Å². The number of carbonyl (C=O) groups excluding carboxylic acids is 1. The Bertz CT molecular complexity index is 576. The first-order valence-corrected chi connectivity index (χ1v) is 7.80. The van der Waals surface area contributed by atoms with Gasteiger partial charge < -0.3 is 14.5 Å². The zero-order valence-corrected chi connectivity index (χ0v) is 13.3. The third-order valence-corrected chi connectivity index (χ3v) is 3.79. The number of nitrogens with one attached hydrogen (secondary N) is 1. The molecule has 0 bridgehead atoms. The van der Waals surface area contributed by atoms with Crippen LogP contribution in [0.3, 0.4) is 0 Å². The Balaban J connectivity index is 1.88. The van der Waals surface area contributed by atoms with Crippen LogP contribution < -0.4 is 5.32 Å². The molecular weight excluding hydrogens is 288 g/mol. The molecule has 0 saturated heterocycles. The standard InChI is InChI=1S/C15H20N2O3S/c1-10(2)19-9-5-7-16-14(18)13-11(3)21-15(17-13)12-6-4-8-20-12/h4,6,8,10H,5,7,9H2,1-3H3,(H,16,18). The topological polar surface area (TPSA) is 64.4 Å². The van der Waals surface area contributed by atoms with E-state index in [1.165, 1.54) is 11.3 Å². The van der Waals surface area contributed by atoms with E-state index in [0.29, 0.717) is 24.6 Å². The van der Waals surface area contributed by atoms with Crippen LogP contribution >= 0.6 is 11.3 Å². The summed E-state index contributed by atoms with van der Waals surface area (Å²) in [6, 6.07) is 3.64. The number of aromatic nitrogens is 1. The Morgan fingerprint density at radius 2 is 2.33 bits per heavy atom. The summed E-state index contributed by atoms with van der Waals surface area (Å²) in [5, 5.41) is 3.59. The van der Waals surface area contributed by atoms with E-state index in [1.807, 2.05) is 26.8 Å². The Hall–Kier alpha value is -1.66. The Morgan fingerprint density at radius 1 is 1.52 bits per heavy atom. The number of hydrogen-bond donors (Lipinski definition) is 1. The zero-order chi connectivity index (χ0) is 15.2. The SMILES string of the molecule is Cc1sc(-c2ccco2)nc1C(=O)NCCCOC(C)C. The molecule has 2 heterocycles. The molecule has 0 atom stereocenters. The highest BCUT2D eigenvalue weighted by molar-refractivity contribution is 7.15. The van der Waals surface area contributed by atoms with E-state index in [9.17, 15) is 4.79 Å². The van der Waals surface area contributed by atoms with Gasteiger partial charge in [-0.2, -0.15) is 0 Å². The van der Waals surface area contributed by atoms with Crippen LogP contribution in [0.1, 0.15) is 35.6 Å². The summed E-state index contributed by atoms with van der Waals surface area (Å²) < 4.78 is 10.7. The molecule has 0 radical (unpaired) electrons. The van der Waals surface area contributed by atoms with E-state index in [4.69, 9.17) is 9.15 Å². The number of nitrogens with zero attached hydrogens (tertiary/aromatic N) is 1. The monoisotopic (exact) mass is 308 g/mol. The summed E-state index contributed by atoms with van der Waals surface area (Å²) in [6.07, 6.45) is 2.61. The van der Waals surface area contributed by atoms with Crippen LogP contribution in [0.25, 0.3) is 10.8 Å². The second-order valence-corrected chi connectivity index (χ2v) is 6.13. The minimum Gasteiger partial charge on any atom is -0.462 e. The van der Waals surface area contributed by atoms with Gasteiger partial charge in [0.15, 0.2) is 10.8 Å². The smallest absolute Gasteiger partial charge is 0.271 e. The Kier molecular flexibility index (Phi) is 5.52. The summed E-state index contributed by atoms with van der Waals surface area (Å²) in [5.41, 5.74) is 0.469. The molecule has 21 heavy (non-hydrogen) atoms. The fourth-order valence-corrected chi connectivity index (χ4v) is 2.67.